The third-order valence-corrected chi connectivity index (χ3v) is 2.05. The van der Waals surface area contributed by atoms with Gasteiger partial charge in [-0.3, -0.25) is 0 Å². The van der Waals surface area contributed by atoms with E-state index in [0.29, 0.717) is 0 Å². The van der Waals surface area contributed by atoms with Gasteiger partial charge in [-0.25, -0.2) is 0 Å². The van der Waals surface area contributed by atoms with Crippen molar-refractivity contribution >= 4 is 0 Å². The summed E-state index contributed by atoms with van der Waals surface area (Å²) in [6.07, 6.45) is 1.72. The Labute approximate surface area is 83.5 Å². The molecule has 0 saturated carbocycles. The maximum absolute atomic E-state index is 5.23. The van der Waals surface area contributed by atoms with Gasteiger partial charge in [-0.1, -0.05) is 42.4 Å². The first-order valence-corrected chi connectivity index (χ1v) is 4.70. The smallest absolute Gasteiger partial charge is 0.167 e. The van der Waals surface area contributed by atoms with Crippen molar-refractivity contribution in [2.75, 3.05) is 0 Å². The second-order valence-corrected chi connectivity index (χ2v) is 3.15. The number of rotatable bonds is 3. The molecule has 1 aromatic heterocycles. The van der Waals surface area contributed by atoms with Crippen molar-refractivity contribution < 1.29 is 4.52 Å². The molecule has 0 fully saturated rings. The van der Waals surface area contributed by atoms with E-state index in [1.54, 1.807) is 0 Å². The van der Waals surface area contributed by atoms with Crippen molar-refractivity contribution in [3.05, 3.63) is 49.0 Å². The fraction of sp³-hybridized carbons (Fsp3) is 0.167. The Bertz CT molecular complexity index is 392. The summed E-state index contributed by atoms with van der Waals surface area (Å²) in [4.78, 5) is 0. The molecule has 0 N–H and O–H groups in total. The van der Waals surface area contributed by atoms with Crippen LogP contribution in [0.3, 0.4) is 0 Å². The summed E-state index contributed by atoms with van der Waals surface area (Å²) in [5.41, 5.74) is 2.04. The molecule has 2 aromatic rings. The van der Waals surface area contributed by atoms with Crippen molar-refractivity contribution in [1.82, 2.24) is 5.16 Å². The molecule has 2 heteroatoms. The Morgan fingerprint density at radius 2 is 2.00 bits per heavy atom. The predicted octanol–water partition coefficient (Wildman–Crippen LogP) is 3.11. The van der Waals surface area contributed by atoms with Crippen LogP contribution < -0.4 is 0 Å². The minimum atomic E-state index is 0.828. The topological polar surface area (TPSA) is 26.0 Å². The highest BCUT2D eigenvalue weighted by Crippen LogP contribution is 2.19. The van der Waals surface area contributed by atoms with Crippen LogP contribution in [0.5, 0.6) is 0 Å². The van der Waals surface area contributed by atoms with Crippen molar-refractivity contribution in [1.29, 1.82) is 0 Å². The first-order chi connectivity index (χ1) is 6.90. The van der Waals surface area contributed by atoms with E-state index < -0.39 is 0 Å². The van der Waals surface area contributed by atoms with Crippen molar-refractivity contribution in [3.63, 3.8) is 0 Å². The van der Waals surface area contributed by atoms with Crippen LogP contribution in [0.15, 0.2) is 40.9 Å². The summed E-state index contributed by atoms with van der Waals surface area (Å²) in [5.74, 6) is 0.828. The lowest BCUT2D eigenvalue weighted by Crippen LogP contribution is -1.79. The van der Waals surface area contributed by atoms with Crippen LogP contribution in [-0.4, -0.2) is 5.16 Å². The molecule has 2 rings (SSSR count). The highest BCUT2D eigenvalue weighted by molar-refractivity contribution is 5.56. The molecule has 1 aromatic carbocycles. The molecule has 1 radical (unpaired) electrons. The molecule has 0 aliphatic heterocycles. The Morgan fingerprint density at radius 3 is 2.71 bits per heavy atom. The minimum Gasteiger partial charge on any atom is -0.356 e. The Hall–Kier alpha value is -1.57. The Balaban J connectivity index is 2.25. The highest BCUT2D eigenvalue weighted by Gasteiger charge is 2.04. The number of aryl methyl sites for hydroxylation is 1. The molecule has 0 atom stereocenters. The van der Waals surface area contributed by atoms with Crippen LogP contribution in [0.1, 0.15) is 12.1 Å². The lowest BCUT2D eigenvalue weighted by Gasteiger charge is -1.91. The van der Waals surface area contributed by atoms with Crippen LogP contribution in [0, 0.1) is 6.92 Å². The van der Waals surface area contributed by atoms with E-state index in [0.717, 1.165) is 29.9 Å². The molecule has 2 nitrogen and oxygen atoms in total. The molecule has 0 saturated heterocycles. The molecular formula is C12H12NO. The maximum Gasteiger partial charge on any atom is 0.167 e. The van der Waals surface area contributed by atoms with E-state index >= 15 is 0 Å². The molecule has 0 aliphatic carbocycles. The summed E-state index contributed by atoms with van der Waals surface area (Å²) in [7, 11) is 0. The third-order valence-electron chi connectivity index (χ3n) is 2.05. The maximum atomic E-state index is 5.23. The van der Waals surface area contributed by atoms with Gasteiger partial charge in [-0.15, -0.1) is 0 Å². The summed E-state index contributed by atoms with van der Waals surface area (Å²) >= 11 is 0. The summed E-state index contributed by atoms with van der Waals surface area (Å²) in [6.45, 7) is 3.78. The fourth-order valence-electron chi connectivity index (χ4n) is 1.35. The number of benzene rings is 1. The summed E-state index contributed by atoms with van der Waals surface area (Å²) in [5, 5.41) is 3.97. The SMILES string of the molecule is [CH2]CCc1cc(-c2ccccc2)on1. The zero-order valence-electron chi connectivity index (χ0n) is 7.94. The second kappa shape index (κ2) is 4.09. The zero-order valence-corrected chi connectivity index (χ0v) is 7.94. The largest absolute Gasteiger partial charge is 0.356 e. The van der Waals surface area contributed by atoms with Gasteiger partial charge in [0.15, 0.2) is 5.76 Å². The minimum absolute atomic E-state index is 0.828. The van der Waals surface area contributed by atoms with Crippen molar-refractivity contribution in [2.45, 2.75) is 12.8 Å². The van der Waals surface area contributed by atoms with E-state index in [4.69, 9.17) is 4.52 Å². The molecule has 1 heterocycles. The second-order valence-electron chi connectivity index (χ2n) is 3.15. The van der Waals surface area contributed by atoms with Crippen LogP contribution in [-0.2, 0) is 6.42 Å². The summed E-state index contributed by atoms with van der Waals surface area (Å²) < 4.78 is 5.23. The molecule has 71 valence electrons. The molecule has 0 unspecified atom stereocenters. The number of aromatic nitrogens is 1. The van der Waals surface area contributed by atoms with Gasteiger partial charge in [0.25, 0.3) is 0 Å². The van der Waals surface area contributed by atoms with Gasteiger partial charge in [-0.05, 0) is 12.8 Å². The normalized spacial score (nSPS) is 10.4. The van der Waals surface area contributed by atoms with E-state index in [9.17, 15) is 0 Å². The van der Waals surface area contributed by atoms with Crippen LogP contribution >= 0.6 is 0 Å². The molecule has 0 aliphatic rings. The molecule has 14 heavy (non-hydrogen) atoms. The molecular weight excluding hydrogens is 174 g/mol. The monoisotopic (exact) mass is 186 g/mol. The van der Waals surface area contributed by atoms with E-state index in [-0.39, 0.29) is 0 Å². The molecule has 0 bridgehead atoms. The van der Waals surface area contributed by atoms with Gasteiger partial charge in [0.05, 0.1) is 5.69 Å². The van der Waals surface area contributed by atoms with Crippen molar-refractivity contribution in [3.8, 4) is 11.3 Å². The molecule has 0 amide bonds. The van der Waals surface area contributed by atoms with Gasteiger partial charge in [0.2, 0.25) is 0 Å². The van der Waals surface area contributed by atoms with Crippen LogP contribution in [0.2, 0.25) is 0 Å². The number of nitrogens with zero attached hydrogens (tertiary/aromatic N) is 1. The standard InChI is InChI=1S/C12H12NO/c1-2-6-11-9-12(14-13-11)10-7-4-3-5-8-10/h3-5,7-9H,1-2,6H2. The van der Waals surface area contributed by atoms with Crippen molar-refractivity contribution in [2.24, 2.45) is 0 Å². The number of hydrogen-bond acceptors (Lipinski definition) is 2. The first-order valence-electron chi connectivity index (χ1n) is 4.70. The Morgan fingerprint density at radius 1 is 1.21 bits per heavy atom. The third kappa shape index (κ3) is 1.84. The predicted molar refractivity (Wildman–Crippen MR) is 55.6 cm³/mol. The highest BCUT2D eigenvalue weighted by atomic mass is 16.5. The van der Waals surface area contributed by atoms with Gasteiger partial charge < -0.3 is 4.52 Å². The summed E-state index contributed by atoms with van der Waals surface area (Å²) in [6, 6.07) is 11.9. The average molecular weight is 186 g/mol. The quantitative estimate of drug-likeness (QED) is 0.736. The molecule has 0 spiro atoms. The van der Waals surface area contributed by atoms with Crippen LogP contribution in [0.4, 0.5) is 0 Å². The van der Waals surface area contributed by atoms with Gasteiger partial charge >= 0.3 is 0 Å². The van der Waals surface area contributed by atoms with E-state index in [1.807, 2.05) is 36.4 Å². The van der Waals surface area contributed by atoms with E-state index in [1.165, 1.54) is 0 Å². The van der Waals surface area contributed by atoms with Crippen LogP contribution in [0.25, 0.3) is 11.3 Å². The fourth-order valence-corrected chi connectivity index (χ4v) is 1.35. The average Bonchev–Trinajstić information content (AvgIpc) is 2.68. The first kappa shape index (κ1) is 9.00. The van der Waals surface area contributed by atoms with E-state index in [2.05, 4.69) is 12.1 Å². The lowest BCUT2D eigenvalue weighted by molar-refractivity contribution is 0.423. The van der Waals surface area contributed by atoms with Gasteiger partial charge in [-0.2, -0.15) is 0 Å². The van der Waals surface area contributed by atoms with Gasteiger partial charge in [0.1, 0.15) is 0 Å². The number of hydrogen-bond donors (Lipinski definition) is 0. The Kier molecular flexibility index (Phi) is 2.63. The zero-order chi connectivity index (χ0) is 9.80. The lowest BCUT2D eigenvalue weighted by atomic mass is 10.1. The van der Waals surface area contributed by atoms with Gasteiger partial charge in [0, 0.05) is 11.6 Å².